The van der Waals surface area contributed by atoms with Gasteiger partial charge in [-0.3, -0.25) is 4.79 Å². The minimum absolute atomic E-state index is 0.170. The van der Waals surface area contributed by atoms with Crippen molar-refractivity contribution in [2.75, 3.05) is 19.4 Å². The second-order valence-electron chi connectivity index (χ2n) is 6.04. The van der Waals surface area contributed by atoms with Gasteiger partial charge in [-0.25, -0.2) is 17.7 Å². The van der Waals surface area contributed by atoms with Gasteiger partial charge in [0.1, 0.15) is 4.88 Å². The fourth-order valence-electron chi connectivity index (χ4n) is 2.48. The van der Waals surface area contributed by atoms with Crippen molar-refractivity contribution in [3.63, 3.8) is 0 Å². The molecule has 3 rings (SSSR count). The number of sulfonamides is 1. The number of aryl methyl sites for hydroxylation is 1. The van der Waals surface area contributed by atoms with Crippen LogP contribution in [0.3, 0.4) is 0 Å². The number of thiazole rings is 1. The van der Waals surface area contributed by atoms with Crippen molar-refractivity contribution in [2.24, 2.45) is 0 Å². The fraction of sp³-hybridized carbons (Fsp3) is 0.158. The van der Waals surface area contributed by atoms with E-state index in [1.165, 1.54) is 37.6 Å². The van der Waals surface area contributed by atoms with E-state index < -0.39 is 10.0 Å². The van der Waals surface area contributed by atoms with Crippen molar-refractivity contribution >= 4 is 33.0 Å². The van der Waals surface area contributed by atoms with E-state index in [-0.39, 0.29) is 10.8 Å². The third-order valence-electron chi connectivity index (χ3n) is 3.88. The van der Waals surface area contributed by atoms with Gasteiger partial charge in [-0.05, 0) is 31.2 Å². The zero-order valence-corrected chi connectivity index (χ0v) is 16.8. The molecule has 3 aromatic rings. The summed E-state index contributed by atoms with van der Waals surface area (Å²) in [6.07, 6.45) is 0. The molecule has 8 heteroatoms. The van der Waals surface area contributed by atoms with E-state index in [9.17, 15) is 13.2 Å². The Hall–Kier alpha value is -2.55. The predicted molar refractivity (Wildman–Crippen MR) is 108 cm³/mol. The zero-order valence-electron chi connectivity index (χ0n) is 15.1. The normalized spacial score (nSPS) is 11.6. The summed E-state index contributed by atoms with van der Waals surface area (Å²) in [4.78, 5) is 17.9. The average molecular weight is 402 g/mol. The molecule has 0 bridgehead atoms. The maximum absolute atomic E-state index is 12.7. The standard InChI is InChI=1S/C19H19N3O3S2/c1-13-20-17(14-7-5-4-6-8-14)18(26-13)19(23)21-15-9-11-16(12-10-15)27(24,25)22(2)3/h4-12H,1-3H3,(H,21,23). The third kappa shape index (κ3) is 4.08. The van der Waals surface area contributed by atoms with E-state index in [0.29, 0.717) is 16.3 Å². The highest BCUT2D eigenvalue weighted by molar-refractivity contribution is 7.89. The van der Waals surface area contributed by atoms with Gasteiger partial charge in [0.25, 0.3) is 5.91 Å². The number of carbonyl (C=O) groups excluding carboxylic acids is 1. The van der Waals surface area contributed by atoms with E-state index >= 15 is 0 Å². The van der Waals surface area contributed by atoms with Gasteiger partial charge in [-0.1, -0.05) is 30.3 Å². The number of anilines is 1. The van der Waals surface area contributed by atoms with Crippen LogP contribution < -0.4 is 5.32 Å². The Bertz CT molecular complexity index is 1060. The van der Waals surface area contributed by atoms with Crippen LogP contribution in [0.15, 0.2) is 59.5 Å². The van der Waals surface area contributed by atoms with Crippen molar-refractivity contribution in [3.05, 3.63) is 64.5 Å². The van der Waals surface area contributed by atoms with E-state index in [0.717, 1.165) is 14.9 Å². The van der Waals surface area contributed by atoms with Crippen molar-refractivity contribution in [2.45, 2.75) is 11.8 Å². The molecule has 0 spiro atoms. The minimum Gasteiger partial charge on any atom is -0.321 e. The number of amides is 1. The van der Waals surface area contributed by atoms with Crippen LogP contribution in [0.5, 0.6) is 0 Å². The lowest BCUT2D eigenvalue weighted by atomic mass is 10.1. The highest BCUT2D eigenvalue weighted by Gasteiger charge is 2.20. The van der Waals surface area contributed by atoms with Crippen LogP contribution in [0.2, 0.25) is 0 Å². The Kier molecular flexibility index (Phi) is 5.41. The minimum atomic E-state index is -3.50. The maximum Gasteiger partial charge on any atom is 0.268 e. The number of rotatable bonds is 5. The number of benzene rings is 2. The molecule has 2 aromatic carbocycles. The maximum atomic E-state index is 12.7. The molecule has 0 aliphatic carbocycles. The Labute approximate surface area is 162 Å². The largest absolute Gasteiger partial charge is 0.321 e. The number of aromatic nitrogens is 1. The van der Waals surface area contributed by atoms with Gasteiger partial charge in [-0.2, -0.15) is 0 Å². The monoisotopic (exact) mass is 401 g/mol. The van der Waals surface area contributed by atoms with Crippen molar-refractivity contribution in [1.82, 2.24) is 9.29 Å². The van der Waals surface area contributed by atoms with Crippen molar-refractivity contribution < 1.29 is 13.2 Å². The quantitative estimate of drug-likeness (QED) is 0.708. The Morgan fingerprint density at radius 1 is 1.04 bits per heavy atom. The summed E-state index contributed by atoms with van der Waals surface area (Å²) < 4.78 is 25.4. The summed E-state index contributed by atoms with van der Waals surface area (Å²) in [7, 11) is -0.552. The summed E-state index contributed by atoms with van der Waals surface area (Å²) >= 11 is 1.32. The highest BCUT2D eigenvalue weighted by Crippen LogP contribution is 2.29. The molecule has 0 atom stereocenters. The number of carbonyl (C=O) groups is 1. The van der Waals surface area contributed by atoms with Crippen LogP contribution in [-0.2, 0) is 10.0 Å². The molecule has 1 amide bonds. The molecule has 0 fully saturated rings. The number of nitrogens with zero attached hydrogens (tertiary/aromatic N) is 2. The molecule has 1 N–H and O–H groups in total. The molecule has 0 unspecified atom stereocenters. The first-order valence-electron chi connectivity index (χ1n) is 8.16. The molecule has 1 aromatic heterocycles. The molecule has 27 heavy (non-hydrogen) atoms. The van der Waals surface area contributed by atoms with E-state index in [1.54, 1.807) is 12.1 Å². The van der Waals surface area contributed by atoms with E-state index in [1.807, 2.05) is 37.3 Å². The number of hydrogen-bond donors (Lipinski definition) is 1. The summed E-state index contributed by atoms with van der Waals surface area (Å²) in [5.41, 5.74) is 2.03. The second kappa shape index (κ2) is 7.59. The Morgan fingerprint density at radius 2 is 1.67 bits per heavy atom. The van der Waals surface area contributed by atoms with Gasteiger partial charge in [0.15, 0.2) is 0 Å². The van der Waals surface area contributed by atoms with Crippen LogP contribution in [-0.4, -0.2) is 37.7 Å². The van der Waals surface area contributed by atoms with Gasteiger partial charge < -0.3 is 5.32 Å². The second-order valence-corrected chi connectivity index (χ2v) is 9.40. The Morgan fingerprint density at radius 3 is 2.26 bits per heavy atom. The smallest absolute Gasteiger partial charge is 0.268 e. The molecule has 0 saturated carbocycles. The van der Waals surface area contributed by atoms with Gasteiger partial charge in [0.05, 0.1) is 15.6 Å². The summed E-state index contributed by atoms with van der Waals surface area (Å²) in [5, 5.41) is 3.61. The molecular formula is C19H19N3O3S2. The topological polar surface area (TPSA) is 79.4 Å². The van der Waals surface area contributed by atoms with Crippen molar-refractivity contribution in [1.29, 1.82) is 0 Å². The lowest BCUT2D eigenvalue weighted by Crippen LogP contribution is -2.22. The lowest BCUT2D eigenvalue weighted by molar-refractivity contribution is 0.103. The average Bonchev–Trinajstić information content (AvgIpc) is 3.05. The molecule has 0 aliphatic rings. The summed E-state index contributed by atoms with van der Waals surface area (Å²) in [6.45, 7) is 1.86. The number of hydrogen-bond acceptors (Lipinski definition) is 5. The first-order valence-corrected chi connectivity index (χ1v) is 10.4. The summed E-state index contributed by atoms with van der Waals surface area (Å²) in [6, 6.07) is 15.6. The molecule has 140 valence electrons. The first kappa shape index (κ1) is 19.2. The molecule has 1 heterocycles. The molecule has 0 saturated heterocycles. The van der Waals surface area contributed by atoms with Crippen LogP contribution in [0.25, 0.3) is 11.3 Å². The van der Waals surface area contributed by atoms with Crippen LogP contribution in [0.4, 0.5) is 5.69 Å². The van der Waals surface area contributed by atoms with Gasteiger partial charge >= 0.3 is 0 Å². The first-order chi connectivity index (χ1) is 12.8. The number of nitrogens with one attached hydrogen (secondary N) is 1. The highest BCUT2D eigenvalue weighted by atomic mass is 32.2. The summed E-state index contributed by atoms with van der Waals surface area (Å²) in [5.74, 6) is -0.275. The molecule has 6 nitrogen and oxygen atoms in total. The van der Waals surface area contributed by atoms with Crippen LogP contribution >= 0.6 is 11.3 Å². The molecule has 0 radical (unpaired) electrons. The van der Waals surface area contributed by atoms with E-state index in [4.69, 9.17) is 0 Å². The SMILES string of the molecule is Cc1nc(-c2ccccc2)c(C(=O)Nc2ccc(S(=O)(=O)N(C)C)cc2)s1. The van der Waals surface area contributed by atoms with Crippen LogP contribution in [0.1, 0.15) is 14.7 Å². The van der Waals surface area contributed by atoms with E-state index in [2.05, 4.69) is 10.3 Å². The zero-order chi connectivity index (χ0) is 19.6. The lowest BCUT2D eigenvalue weighted by Gasteiger charge is -2.12. The van der Waals surface area contributed by atoms with Gasteiger partial charge in [-0.15, -0.1) is 11.3 Å². The predicted octanol–water partition coefficient (Wildman–Crippen LogP) is 3.62. The van der Waals surface area contributed by atoms with Gasteiger partial charge in [0.2, 0.25) is 10.0 Å². The van der Waals surface area contributed by atoms with Crippen molar-refractivity contribution in [3.8, 4) is 11.3 Å². The van der Waals surface area contributed by atoms with Gasteiger partial charge in [0, 0.05) is 25.3 Å². The van der Waals surface area contributed by atoms with Crippen LogP contribution in [0, 0.1) is 6.92 Å². The molecular weight excluding hydrogens is 382 g/mol. The molecule has 0 aliphatic heterocycles. The fourth-order valence-corrected chi connectivity index (χ4v) is 4.22. The Balaban J connectivity index is 1.85. The third-order valence-corrected chi connectivity index (χ3v) is 6.68.